The van der Waals surface area contributed by atoms with Gasteiger partial charge in [-0.1, -0.05) is 19.3 Å². The van der Waals surface area contributed by atoms with Gasteiger partial charge in [0.05, 0.1) is 18.7 Å². The Balaban J connectivity index is 1.58. The maximum atomic E-state index is 12.4. The summed E-state index contributed by atoms with van der Waals surface area (Å²) in [4.78, 5) is 14.6. The molecule has 0 spiro atoms. The van der Waals surface area contributed by atoms with Crippen molar-refractivity contribution in [3.8, 4) is 6.07 Å². The van der Waals surface area contributed by atoms with Crippen molar-refractivity contribution in [1.29, 1.82) is 5.26 Å². The molecule has 3 fully saturated rings. The van der Waals surface area contributed by atoms with Crippen molar-refractivity contribution in [2.24, 2.45) is 0 Å². The first-order valence-electron chi connectivity index (χ1n) is 8.28. The third kappa shape index (κ3) is 3.07. The molecule has 2 atom stereocenters. The minimum atomic E-state index is -0.635. The van der Waals surface area contributed by atoms with Gasteiger partial charge in [-0.2, -0.15) is 5.26 Å². The topological polar surface area (TPSA) is 76.4 Å². The van der Waals surface area contributed by atoms with Crippen LogP contribution < -0.4 is 5.32 Å². The van der Waals surface area contributed by atoms with Gasteiger partial charge in [-0.05, 0) is 38.5 Å². The fourth-order valence-electron chi connectivity index (χ4n) is 4.40. The molecule has 2 aliphatic heterocycles. The van der Waals surface area contributed by atoms with E-state index in [1.807, 2.05) is 0 Å². The number of rotatable bonds is 3. The van der Waals surface area contributed by atoms with Gasteiger partial charge in [-0.15, -0.1) is 0 Å². The maximum absolute atomic E-state index is 12.4. The van der Waals surface area contributed by atoms with Crippen LogP contribution >= 0.6 is 0 Å². The number of nitrogens with one attached hydrogen (secondary N) is 1. The molecule has 2 N–H and O–H groups in total. The van der Waals surface area contributed by atoms with Crippen molar-refractivity contribution < 1.29 is 9.90 Å². The average Bonchev–Trinajstić information content (AvgIpc) is 2.71. The molecule has 0 aromatic rings. The first-order valence-corrected chi connectivity index (χ1v) is 8.28. The van der Waals surface area contributed by atoms with Crippen molar-refractivity contribution in [3.63, 3.8) is 0 Å². The molecule has 21 heavy (non-hydrogen) atoms. The Kier molecular flexibility index (Phi) is 4.19. The Morgan fingerprint density at radius 2 is 1.86 bits per heavy atom. The summed E-state index contributed by atoms with van der Waals surface area (Å²) < 4.78 is 0. The lowest BCUT2D eigenvalue weighted by Crippen LogP contribution is -2.54. The van der Waals surface area contributed by atoms with Gasteiger partial charge in [0.15, 0.2) is 0 Å². The number of hydrogen-bond acceptors (Lipinski definition) is 4. The molecular formula is C16H25N3O2. The van der Waals surface area contributed by atoms with E-state index in [0.29, 0.717) is 18.6 Å². The summed E-state index contributed by atoms with van der Waals surface area (Å²) in [6.07, 6.45) is 8.29. The number of aliphatic hydroxyl groups is 1. The van der Waals surface area contributed by atoms with Crippen LogP contribution in [0.3, 0.4) is 0 Å². The van der Waals surface area contributed by atoms with Crippen LogP contribution in [0, 0.1) is 11.3 Å². The minimum absolute atomic E-state index is 0.0215. The zero-order valence-corrected chi connectivity index (χ0v) is 12.6. The molecule has 2 unspecified atom stereocenters. The third-order valence-electron chi connectivity index (χ3n) is 5.49. The molecule has 2 saturated heterocycles. The summed E-state index contributed by atoms with van der Waals surface area (Å²) in [6.45, 7) is 0.380. The number of carbonyl (C=O) groups is 1. The molecule has 2 heterocycles. The van der Waals surface area contributed by atoms with Crippen molar-refractivity contribution in [1.82, 2.24) is 10.2 Å². The molecule has 1 saturated carbocycles. The molecular weight excluding hydrogens is 266 g/mol. The van der Waals surface area contributed by atoms with Crippen LogP contribution in [0.2, 0.25) is 0 Å². The molecule has 2 bridgehead atoms. The normalized spacial score (nSPS) is 35.1. The molecule has 1 aliphatic carbocycles. The van der Waals surface area contributed by atoms with Gasteiger partial charge >= 0.3 is 0 Å². The summed E-state index contributed by atoms with van der Waals surface area (Å²) in [5.74, 6) is -0.0215. The van der Waals surface area contributed by atoms with E-state index in [9.17, 15) is 15.2 Å². The van der Waals surface area contributed by atoms with Crippen molar-refractivity contribution in [2.45, 2.75) is 81.5 Å². The van der Waals surface area contributed by atoms with E-state index in [0.717, 1.165) is 57.8 Å². The van der Waals surface area contributed by atoms with Gasteiger partial charge in [0.25, 0.3) is 0 Å². The summed E-state index contributed by atoms with van der Waals surface area (Å²) in [5, 5.41) is 22.3. The van der Waals surface area contributed by atoms with Crippen molar-refractivity contribution >= 4 is 5.91 Å². The first-order chi connectivity index (χ1) is 10.1. The van der Waals surface area contributed by atoms with E-state index in [-0.39, 0.29) is 12.0 Å². The lowest BCUT2D eigenvalue weighted by Gasteiger charge is -2.38. The number of nitrogens with zero attached hydrogens (tertiary/aromatic N) is 2. The second-order valence-corrected chi connectivity index (χ2v) is 6.99. The SMILES string of the molecule is N#CC1(NC(=O)CN2C3CCC2CC(O)C3)CCCCC1. The molecule has 1 amide bonds. The van der Waals surface area contributed by atoms with E-state index >= 15 is 0 Å². The Hall–Kier alpha value is -1.12. The fourth-order valence-corrected chi connectivity index (χ4v) is 4.40. The van der Waals surface area contributed by atoms with Crippen LogP contribution in [0.25, 0.3) is 0 Å². The Morgan fingerprint density at radius 1 is 1.24 bits per heavy atom. The smallest absolute Gasteiger partial charge is 0.235 e. The third-order valence-corrected chi connectivity index (χ3v) is 5.49. The average molecular weight is 291 g/mol. The van der Waals surface area contributed by atoms with Gasteiger partial charge in [0.2, 0.25) is 5.91 Å². The summed E-state index contributed by atoms with van der Waals surface area (Å²) in [5.41, 5.74) is -0.635. The molecule has 3 rings (SSSR count). The van der Waals surface area contributed by atoms with Crippen LogP contribution in [0.4, 0.5) is 0 Å². The lowest BCUT2D eigenvalue weighted by atomic mass is 9.83. The van der Waals surface area contributed by atoms with Gasteiger partial charge in [-0.3, -0.25) is 9.69 Å². The van der Waals surface area contributed by atoms with E-state index < -0.39 is 5.54 Å². The van der Waals surface area contributed by atoms with Crippen molar-refractivity contribution in [3.05, 3.63) is 0 Å². The minimum Gasteiger partial charge on any atom is -0.393 e. The second kappa shape index (κ2) is 5.94. The molecule has 0 radical (unpaired) electrons. The van der Waals surface area contributed by atoms with Crippen LogP contribution in [0.15, 0.2) is 0 Å². The van der Waals surface area contributed by atoms with Gasteiger partial charge in [0, 0.05) is 12.1 Å². The Bertz CT molecular complexity index is 425. The lowest BCUT2D eigenvalue weighted by molar-refractivity contribution is -0.125. The highest BCUT2D eigenvalue weighted by atomic mass is 16.3. The number of carbonyl (C=O) groups excluding carboxylic acids is 1. The van der Waals surface area contributed by atoms with Crippen LogP contribution in [0.5, 0.6) is 0 Å². The van der Waals surface area contributed by atoms with Gasteiger partial charge in [0.1, 0.15) is 5.54 Å². The highest BCUT2D eigenvalue weighted by Gasteiger charge is 2.42. The predicted octanol–water partition coefficient (Wildman–Crippen LogP) is 1.32. The van der Waals surface area contributed by atoms with Crippen LogP contribution in [-0.4, -0.2) is 46.2 Å². The number of amides is 1. The number of fused-ring (bicyclic) bond motifs is 2. The first kappa shape index (κ1) is 14.8. The maximum Gasteiger partial charge on any atom is 0.235 e. The largest absolute Gasteiger partial charge is 0.393 e. The monoisotopic (exact) mass is 291 g/mol. The molecule has 0 aromatic heterocycles. The van der Waals surface area contributed by atoms with E-state index in [2.05, 4.69) is 16.3 Å². The summed E-state index contributed by atoms with van der Waals surface area (Å²) in [7, 11) is 0. The highest BCUT2D eigenvalue weighted by molar-refractivity contribution is 5.79. The number of nitriles is 1. The number of aliphatic hydroxyl groups excluding tert-OH is 1. The summed E-state index contributed by atoms with van der Waals surface area (Å²) in [6, 6.07) is 3.02. The fraction of sp³-hybridized carbons (Fsp3) is 0.875. The van der Waals surface area contributed by atoms with Crippen LogP contribution in [-0.2, 0) is 4.79 Å². The number of hydrogen-bond donors (Lipinski definition) is 2. The molecule has 116 valence electrons. The molecule has 5 nitrogen and oxygen atoms in total. The van der Waals surface area contributed by atoms with Crippen molar-refractivity contribution in [2.75, 3.05) is 6.54 Å². The van der Waals surface area contributed by atoms with E-state index in [1.165, 1.54) is 0 Å². The summed E-state index contributed by atoms with van der Waals surface area (Å²) >= 11 is 0. The highest BCUT2D eigenvalue weighted by Crippen LogP contribution is 2.35. The zero-order chi connectivity index (χ0) is 14.9. The zero-order valence-electron chi connectivity index (χ0n) is 12.6. The predicted molar refractivity (Wildman–Crippen MR) is 78.3 cm³/mol. The quantitative estimate of drug-likeness (QED) is 0.822. The van der Waals surface area contributed by atoms with Crippen LogP contribution in [0.1, 0.15) is 57.8 Å². The van der Waals surface area contributed by atoms with E-state index in [1.54, 1.807) is 0 Å². The molecule has 5 heteroatoms. The van der Waals surface area contributed by atoms with Gasteiger partial charge < -0.3 is 10.4 Å². The molecule has 3 aliphatic rings. The second-order valence-electron chi connectivity index (χ2n) is 6.99. The molecule has 0 aromatic carbocycles. The Morgan fingerprint density at radius 3 is 2.43 bits per heavy atom. The number of piperidine rings is 1. The van der Waals surface area contributed by atoms with Gasteiger partial charge in [-0.25, -0.2) is 0 Å². The standard InChI is InChI=1S/C16H25N3O2/c17-11-16(6-2-1-3-7-16)18-15(21)10-19-12-4-5-13(19)9-14(20)8-12/h12-14,20H,1-10H2,(H,18,21). The van der Waals surface area contributed by atoms with E-state index in [4.69, 9.17) is 0 Å². The Labute approximate surface area is 126 Å².